The molecule has 0 fully saturated rings. The lowest BCUT2D eigenvalue weighted by Gasteiger charge is -2.22. The quantitative estimate of drug-likeness (QED) is 0.849. The molecular formula is C22H25NO4. The number of para-hydroxylation sites is 1. The van der Waals surface area contributed by atoms with Gasteiger partial charge in [0.25, 0.3) is 5.91 Å². The third-order valence-electron chi connectivity index (χ3n) is 4.69. The molecule has 0 aromatic heterocycles. The minimum Gasteiger partial charge on any atom is -0.491 e. The van der Waals surface area contributed by atoms with E-state index in [1.807, 2.05) is 51.1 Å². The lowest BCUT2D eigenvalue weighted by atomic mass is 9.89. The van der Waals surface area contributed by atoms with Crippen LogP contribution in [0.1, 0.15) is 43.9 Å². The number of benzene rings is 2. The molecule has 0 spiro atoms. The van der Waals surface area contributed by atoms with E-state index in [4.69, 9.17) is 4.74 Å². The Kier molecular flexibility index (Phi) is 5.07. The first kappa shape index (κ1) is 19.1. The van der Waals surface area contributed by atoms with E-state index in [-0.39, 0.29) is 18.3 Å². The molecule has 142 valence electrons. The van der Waals surface area contributed by atoms with Crippen molar-refractivity contribution in [1.82, 2.24) is 0 Å². The number of rotatable bonds is 6. The Bertz CT molecular complexity index is 872. The maximum Gasteiger partial charge on any atom is 0.264 e. The molecule has 1 aliphatic heterocycles. The summed E-state index contributed by atoms with van der Waals surface area (Å²) in [6.45, 7) is 7.53. The van der Waals surface area contributed by atoms with Gasteiger partial charge in [-0.15, -0.1) is 0 Å². The van der Waals surface area contributed by atoms with Crippen LogP contribution >= 0.6 is 0 Å². The summed E-state index contributed by atoms with van der Waals surface area (Å²) in [4.78, 5) is 26.4. The van der Waals surface area contributed by atoms with E-state index in [1.54, 1.807) is 17.0 Å². The lowest BCUT2D eigenvalue weighted by Crippen LogP contribution is -2.41. The first-order chi connectivity index (χ1) is 12.7. The van der Waals surface area contributed by atoms with Gasteiger partial charge in [0.2, 0.25) is 0 Å². The molecule has 0 bridgehead atoms. The number of amides is 1. The molecule has 0 unspecified atom stereocenters. The highest BCUT2D eigenvalue weighted by atomic mass is 16.5. The standard InChI is InChI=1S/C22H25NO4/c1-14(2)27-18-10-8-17(9-11-18)13-23-20-15(3)6-5-7-19(20)22(26,21(23)25)12-16(4)24/h5-11,14,26H,12-13H2,1-4H3/t22-/m0/s1. The van der Waals surface area contributed by atoms with Crippen LogP contribution in [0.4, 0.5) is 5.69 Å². The van der Waals surface area contributed by atoms with Crippen molar-refractivity contribution in [2.45, 2.75) is 52.4 Å². The van der Waals surface area contributed by atoms with Gasteiger partial charge >= 0.3 is 0 Å². The molecule has 0 saturated carbocycles. The SMILES string of the molecule is CC(=O)C[C@@]1(O)C(=O)N(Cc2ccc(OC(C)C)cc2)c2c(C)cccc21. The maximum atomic E-state index is 13.1. The minimum absolute atomic E-state index is 0.0899. The van der Waals surface area contributed by atoms with Crippen molar-refractivity contribution in [3.05, 3.63) is 59.2 Å². The average molecular weight is 367 g/mol. The Morgan fingerprint density at radius 3 is 2.44 bits per heavy atom. The zero-order valence-electron chi connectivity index (χ0n) is 16.2. The van der Waals surface area contributed by atoms with Gasteiger partial charge in [-0.05, 0) is 51.0 Å². The van der Waals surface area contributed by atoms with E-state index in [0.29, 0.717) is 17.8 Å². The number of anilines is 1. The molecule has 5 heteroatoms. The molecule has 0 radical (unpaired) electrons. The van der Waals surface area contributed by atoms with Crippen molar-refractivity contribution in [3.63, 3.8) is 0 Å². The number of nitrogens with zero attached hydrogens (tertiary/aromatic N) is 1. The number of ketones is 1. The summed E-state index contributed by atoms with van der Waals surface area (Å²) < 4.78 is 5.65. The molecule has 2 aromatic carbocycles. The molecule has 5 nitrogen and oxygen atoms in total. The Morgan fingerprint density at radius 2 is 1.85 bits per heavy atom. The summed E-state index contributed by atoms with van der Waals surface area (Å²) in [7, 11) is 0. The van der Waals surface area contributed by atoms with Gasteiger partial charge in [-0.2, -0.15) is 0 Å². The van der Waals surface area contributed by atoms with Crippen molar-refractivity contribution in [3.8, 4) is 5.75 Å². The van der Waals surface area contributed by atoms with Crippen molar-refractivity contribution in [2.75, 3.05) is 4.90 Å². The minimum atomic E-state index is -1.80. The summed E-state index contributed by atoms with van der Waals surface area (Å²) in [6.07, 6.45) is -0.132. The second-order valence-corrected chi connectivity index (χ2v) is 7.41. The summed E-state index contributed by atoms with van der Waals surface area (Å²) in [5.74, 6) is 0.0889. The van der Waals surface area contributed by atoms with Crippen LogP contribution in [0.2, 0.25) is 0 Å². The second kappa shape index (κ2) is 7.16. The fraction of sp³-hybridized carbons (Fsp3) is 0.364. The molecule has 1 N–H and O–H groups in total. The van der Waals surface area contributed by atoms with Crippen LogP contribution in [0.15, 0.2) is 42.5 Å². The number of ether oxygens (including phenoxy) is 1. The topological polar surface area (TPSA) is 66.8 Å². The predicted octanol–water partition coefficient (Wildman–Crippen LogP) is 3.50. The summed E-state index contributed by atoms with van der Waals surface area (Å²) in [5.41, 5.74) is 1.20. The van der Waals surface area contributed by atoms with E-state index in [9.17, 15) is 14.7 Å². The van der Waals surface area contributed by atoms with Crippen molar-refractivity contribution in [2.24, 2.45) is 0 Å². The van der Waals surface area contributed by atoms with Crippen LogP contribution in [-0.4, -0.2) is 22.9 Å². The van der Waals surface area contributed by atoms with Crippen LogP contribution < -0.4 is 9.64 Å². The highest BCUT2D eigenvalue weighted by Gasteiger charge is 2.50. The largest absolute Gasteiger partial charge is 0.491 e. The molecule has 3 rings (SSSR count). The van der Waals surface area contributed by atoms with Crippen LogP contribution in [0.3, 0.4) is 0 Å². The summed E-state index contributed by atoms with van der Waals surface area (Å²) in [5, 5.41) is 11.1. The van der Waals surface area contributed by atoms with Crippen molar-refractivity contribution >= 4 is 17.4 Å². The molecule has 1 amide bonds. The molecule has 1 aliphatic rings. The monoisotopic (exact) mass is 367 g/mol. The van der Waals surface area contributed by atoms with E-state index >= 15 is 0 Å². The van der Waals surface area contributed by atoms with Crippen LogP contribution in [0.5, 0.6) is 5.75 Å². The summed E-state index contributed by atoms with van der Waals surface area (Å²) >= 11 is 0. The van der Waals surface area contributed by atoms with Gasteiger partial charge in [-0.25, -0.2) is 0 Å². The molecule has 2 aromatic rings. The highest BCUT2D eigenvalue weighted by Crippen LogP contribution is 2.44. The number of fused-ring (bicyclic) bond motifs is 1. The van der Waals surface area contributed by atoms with Crippen molar-refractivity contribution in [1.29, 1.82) is 0 Å². The average Bonchev–Trinajstić information content (AvgIpc) is 2.78. The molecule has 1 heterocycles. The fourth-order valence-electron chi connectivity index (χ4n) is 3.60. The number of aryl methyl sites for hydroxylation is 1. The van der Waals surface area contributed by atoms with Crippen molar-refractivity contribution < 1.29 is 19.4 Å². The third-order valence-corrected chi connectivity index (χ3v) is 4.69. The molecule has 0 aliphatic carbocycles. The molecule has 1 atom stereocenters. The number of aliphatic hydroxyl groups is 1. The van der Waals surface area contributed by atoms with Gasteiger partial charge in [0.1, 0.15) is 11.5 Å². The number of Topliss-reactive ketones (excluding diaryl/α,β-unsaturated/α-hetero) is 1. The second-order valence-electron chi connectivity index (χ2n) is 7.41. The number of hydrogen-bond acceptors (Lipinski definition) is 4. The van der Waals surface area contributed by atoms with Crippen LogP contribution in [-0.2, 0) is 21.7 Å². The smallest absolute Gasteiger partial charge is 0.264 e. The van der Waals surface area contributed by atoms with Gasteiger partial charge in [0, 0.05) is 12.0 Å². The van der Waals surface area contributed by atoms with E-state index in [1.165, 1.54) is 6.92 Å². The van der Waals surface area contributed by atoms with Crippen LogP contribution in [0.25, 0.3) is 0 Å². The van der Waals surface area contributed by atoms with Crippen LogP contribution in [0, 0.1) is 6.92 Å². The normalized spacial score (nSPS) is 18.7. The Hall–Kier alpha value is -2.66. The van der Waals surface area contributed by atoms with E-state index < -0.39 is 11.5 Å². The maximum absolute atomic E-state index is 13.1. The zero-order chi connectivity index (χ0) is 19.8. The van der Waals surface area contributed by atoms with Gasteiger partial charge < -0.3 is 14.7 Å². The number of carbonyl (C=O) groups excluding carboxylic acids is 2. The van der Waals surface area contributed by atoms with E-state index in [0.717, 1.165) is 16.9 Å². The highest BCUT2D eigenvalue weighted by molar-refractivity contribution is 6.09. The first-order valence-electron chi connectivity index (χ1n) is 9.12. The Morgan fingerprint density at radius 1 is 1.19 bits per heavy atom. The lowest BCUT2D eigenvalue weighted by molar-refractivity contribution is -0.141. The van der Waals surface area contributed by atoms with Gasteiger partial charge in [0.05, 0.1) is 18.3 Å². The predicted molar refractivity (Wildman–Crippen MR) is 104 cm³/mol. The summed E-state index contributed by atoms with van der Waals surface area (Å²) in [6, 6.07) is 13.0. The Labute approximate surface area is 159 Å². The van der Waals surface area contributed by atoms with Gasteiger partial charge in [-0.3, -0.25) is 9.59 Å². The zero-order valence-corrected chi connectivity index (χ0v) is 16.2. The molecule has 0 saturated heterocycles. The first-order valence-corrected chi connectivity index (χ1v) is 9.12. The van der Waals surface area contributed by atoms with E-state index in [2.05, 4.69) is 0 Å². The fourth-order valence-corrected chi connectivity index (χ4v) is 3.60. The number of hydrogen-bond donors (Lipinski definition) is 1. The third kappa shape index (κ3) is 3.60. The van der Waals surface area contributed by atoms with Gasteiger partial charge in [-0.1, -0.05) is 30.3 Å². The molecular weight excluding hydrogens is 342 g/mol. The molecule has 27 heavy (non-hydrogen) atoms. The Balaban J connectivity index is 1.94. The van der Waals surface area contributed by atoms with Gasteiger partial charge in [0.15, 0.2) is 5.60 Å². The number of carbonyl (C=O) groups is 2.